The van der Waals surface area contributed by atoms with E-state index in [1.54, 1.807) is 7.05 Å². The maximum Gasteiger partial charge on any atom is 1.00 e. The Morgan fingerprint density at radius 1 is 0.833 bits per heavy atom. The monoisotopic (exact) mass is 1100 g/mol. The average Bonchev–Trinajstić information content (AvgIpc) is 3.49. The van der Waals surface area contributed by atoms with Crippen LogP contribution >= 0.6 is 0 Å². The van der Waals surface area contributed by atoms with Gasteiger partial charge in [-0.15, -0.1) is 18.9 Å². The summed E-state index contributed by atoms with van der Waals surface area (Å²) in [7, 11) is 1.76. The number of hydrogen-bond acceptors (Lipinski definition) is 10. The molecule has 3 aromatic rings. The van der Waals surface area contributed by atoms with Crippen LogP contribution in [-0.2, 0) is 52.7 Å². The smallest absolute Gasteiger partial charge is 0.635 e. The number of pyridine rings is 1. The summed E-state index contributed by atoms with van der Waals surface area (Å²) in [4.78, 5) is 34.0. The summed E-state index contributed by atoms with van der Waals surface area (Å²) in [5.41, 5.74) is 11.6. The van der Waals surface area contributed by atoms with Crippen LogP contribution in [0, 0.1) is 31.6 Å². The summed E-state index contributed by atoms with van der Waals surface area (Å²) in [6, 6.07) is 14.4. The van der Waals surface area contributed by atoms with Gasteiger partial charge in [0.05, 0.1) is 72.6 Å². The van der Waals surface area contributed by atoms with E-state index < -0.39 is 6.04 Å². The maximum absolute atomic E-state index is 14.8. The van der Waals surface area contributed by atoms with Crippen LogP contribution in [0.3, 0.4) is 0 Å². The molecule has 4 unspecified atom stereocenters. The number of carbonyl (C=O) groups excluding carboxylic acids is 2. The molecule has 4 aliphatic rings. The molecule has 1 aliphatic heterocycles. The van der Waals surface area contributed by atoms with E-state index in [9.17, 15) is 9.59 Å². The molecule has 14 heteroatoms. The van der Waals surface area contributed by atoms with E-state index in [1.165, 1.54) is 50.9 Å². The molecule has 0 bridgehead atoms. The Morgan fingerprint density at radius 2 is 1.53 bits per heavy atom. The van der Waals surface area contributed by atoms with Gasteiger partial charge in [0.15, 0.2) is 0 Å². The Balaban J connectivity index is 0.000000524. The van der Waals surface area contributed by atoms with Crippen LogP contribution in [0.5, 0.6) is 5.75 Å². The Hall–Kier alpha value is -3.79. The van der Waals surface area contributed by atoms with Gasteiger partial charge in [-0.1, -0.05) is 124 Å². The van der Waals surface area contributed by atoms with Gasteiger partial charge in [-0.05, 0) is 130 Å². The number of nitrogens with zero attached hydrogens (tertiary/aromatic N) is 3. The molecule has 1 saturated carbocycles. The standard InChI is InChI=1S/C45H69N4O8.C17H19N.C2H2.K/c1-4-5-19-52-20-21-53-22-23-54-24-25-55-26-27-56-28-29-57-38-18-17-36-31-42(47-41-16-10-14-39-34(2)11-9-15-40(39)41)49(33-37(36)30-38)45(51)44(48-43(50)32-46-3)35-12-7-6-8-13-35;1-4-6-14-7-8-16(15(5-2)11-14)17-12-18-10-9-13(17)3;1-2;/h4-5,9,15,17-18,30,34-35,41-42,44,46H,6-8,10-14,16,19-29,31-33H2,1-3H3,(H,48,50);4,6-12H,5H2,1-3H3;1-2H;/q-1;;;+1/b5-4-;6-4+;;. The second kappa shape index (κ2) is 38.8. The maximum atomic E-state index is 14.8. The van der Waals surface area contributed by atoms with Crippen molar-refractivity contribution in [3.8, 4) is 29.7 Å². The summed E-state index contributed by atoms with van der Waals surface area (Å²) in [6.07, 6.45) is 35.4. The van der Waals surface area contributed by atoms with E-state index in [-0.39, 0.29) is 87.9 Å². The van der Waals surface area contributed by atoms with Crippen LogP contribution in [0.4, 0.5) is 0 Å². The zero-order valence-electron chi connectivity index (χ0n) is 48.3. The van der Waals surface area contributed by atoms with Crippen molar-refractivity contribution in [2.75, 3.05) is 86.3 Å². The Bertz CT molecular complexity index is 2380. The third-order valence-corrected chi connectivity index (χ3v) is 14.6. The van der Waals surface area contributed by atoms with E-state index in [0.717, 1.165) is 69.1 Å². The first-order chi connectivity index (χ1) is 37.7. The number of likely N-dealkylation sites (N-methyl/N-ethyl adjacent to an activating group) is 1. The van der Waals surface area contributed by atoms with Crippen LogP contribution in [0.15, 0.2) is 96.4 Å². The zero-order chi connectivity index (χ0) is 55.0. The van der Waals surface area contributed by atoms with Gasteiger partial charge in [0, 0.05) is 24.5 Å². The van der Waals surface area contributed by atoms with Crippen LogP contribution in [0.25, 0.3) is 22.5 Å². The topological polar surface area (TPSA) is 144 Å². The number of benzene rings is 2. The number of allylic oxidation sites excluding steroid dienone is 4. The minimum absolute atomic E-state index is 0. The van der Waals surface area contributed by atoms with Crippen molar-refractivity contribution in [1.29, 1.82) is 0 Å². The largest absolute Gasteiger partial charge is 1.00 e. The van der Waals surface area contributed by atoms with E-state index >= 15 is 0 Å². The number of amides is 2. The van der Waals surface area contributed by atoms with Crippen molar-refractivity contribution in [2.45, 2.75) is 130 Å². The predicted octanol–water partition coefficient (Wildman–Crippen LogP) is 7.94. The Morgan fingerprint density at radius 3 is 2.18 bits per heavy atom. The summed E-state index contributed by atoms with van der Waals surface area (Å²) in [6.45, 7) is 16.8. The Kier molecular flexibility index (Phi) is 33.2. The first-order valence-corrected chi connectivity index (χ1v) is 28.3. The molecule has 0 spiro atoms. The number of nitrogens with one attached hydrogen (secondary N) is 2. The van der Waals surface area contributed by atoms with Crippen molar-refractivity contribution < 1.29 is 89.4 Å². The van der Waals surface area contributed by atoms with E-state index in [4.69, 9.17) is 33.7 Å². The van der Waals surface area contributed by atoms with Crippen molar-refractivity contribution in [3.63, 3.8) is 0 Å². The van der Waals surface area contributed by atoms with Gasteiger partial charge in [0.2, 0.25) is 11.8 Å². The molecular weight excluding hydrogens is 1010 g/mol. The number of hydrogen-bond donors (Lipinski definition) is 2. The number of terminal acetylenes is 1. The van der Waals surface area contributed by atoms with Gasteiger partial charge in [-0.3, -0.25) is 14.6 Å². The zero-order valence-corrected chi connectivity index (χ0v) is 51.4. The molecule has 0 radical (unpaired) electrons. The molecule has 3 aliphatic carbocycles. The number of carbonyl (C=O) groups is 2. The molecule has 1 fully saturated rings. The van der Waals surface area contributed by atoms with Gasteiger partial charge in [-0.2, -0.15) is 0 Å². The number of aromatic nitrogens is 1. The van der Waals surface area contributed by atoms with Gasteiger partial charge >= 0.3 is 51.4 Å². The molecule has 78 heavy (non-hydrogen) atoms. The van der Waals surface area contributed by atoms with Gasteiger partial charge in [0.1, 0.15) is 18.4 Å². The first kappa shape index (κ1) is 66.7. The molecule has 1 aromatic heterocycles. The number of fused-ring (bicyclic) bond motifs is 1. The molecule has 2 heterocycles. The van der Waals surface area contributed by atoms with E-state index in [0.29, 0.717) is 91.6 Å². The molecule has 420 valence electrons. The summed E-state index contributed by atoms with van der Waals surface area (Å²) in [5, 5.41) is 11.6. The number of aryl methyl sites for hydroxylation is 2. The van der Waals surface area contributed by atoms with Crippen molar-refractivity contribution in [3.05, 3.63) is 130 Å². The fourth-order valence-corrected chi connectivity index (χ4v) is 10.6. The van der Waals surface area contributed by atoms with Crippen LogP contribution in [0.2, 0.25) is 0 Å². The van der Waals surface area contributed by atoms with Gasteiger partial charge < -0.3 is 49.3 Å². The predicted molar refractivity (Wildman–Crippen MR) is 311 cm³/mol. The van der Waals surface area contributed by atoms with Crippen molar-refractivity contribution >= 4 is 17.9 Å². The molecule has 2 aromatic carbocycles. The minimum Gasteiger partial charge on any atom is -0.635 e. The quantitative estimate of drug-likeness (QED) is 0.0319. The van der Waals surface area contributed by atoms with Gasteiger partial charge in [0.25, 0.3) is 0 Å². The number of ether oxygens (including phenoxy) is 6. The normalized spacial score (nSPS) is 18.5. The van der Waals surface area contributed by atoms with Crippen LogP contribution < -0.4 is 66.8 Å². The molecule has 4 atom stereocenters. The molecule has 2 N–H and O–H groups in total. The fourth-order valence-electron chi connectivity index (χ4n) is 10.6. The van der Waals surface area contributed by atoms with E-state index in [2.05, 4.69) is 110 Å². The number of rotatable bonds is 28. The molecule has 2 amide bonds. The SMILES string of the molecule is C#C.C/C=C/c1ccc(-c2cnccc2C)c(CC)c1.C/C=C\COCCOCCOCCOCCOCCOc1ccc2c(c1)CN(C(=O)C(NC(=O)CNC)C1CCCCC1)C([N-]C1CCCC3=C1C=CCC3C)C2.[K+]. The van der Waals surface area contributed by atoms with Gasteiger partial charge in [-0.25, -0.2) is 0 Å². The molecular formula is C64H90KN5O8. The molecule has 7 rings (SSSR count). The second-order valence-electron chi connectivity index (χ2n) is 20.0. The van der Waals surface area contributed by atoms with Crippen molar-refractivity contribution in [2.24, 2.45) is 11.8 Å². The average molecular weight is 1100 g/mol. The minimum atomic E-state index is -0.571. The Labute approximate surface area is 510 Å². The van der Waals surface area contributed by atoms with E-state index in [1.807, 2.05) is 49.4 Å². The fraction of sp³-hybridized carbons (Fsp3) is 0.547. The second-order valence-corrected chi connectivity index (χ2v) is 20.0. The summed E-state index contributed by atoms with van der Waals surface area (Å²) >= 11 is 0. The third-order valence-electron chi connectivity index (χ3n) is 14.6. The molecule has 13 nitrogen and oxygen atoms in total. The van der Waals surface area contributed by atoms with Crippen LogP contribution in [-0.4, -0.2) is 126 Å². The summed E-state index contributed by atoms with van der Waals surface area (Å²) < 4.78 is 33.9. The third kappa shape index (κ3) is 21.9. The molecule has 0 saturated heterocycles. The van der Waals surface area contributed by atoms with Crippen LogP contribution in [0.1, 0.15) is 113 Å². The summed E-state index contributed by atoms with van der Waals surface area (Å²) in [5.74, 6) is 1.22. The first-order valence-electron chi connectivity index (χ1n) is 28.3. The van der Waals surface area contributed by atoms with Crippen molar-refractivity contribution in [1.82, 2.24) is 20.5 Å².